The minimum Gasteiger partial charge on any atom is -0.480 e. The lowest BCUT2D eigenvalue weighted by Crippen LogP contribution is -2.36. The molecule has 0 aliphatic heterocycles. The van der Waals surface area contributed by atoms with Gasteiger partial charge in [0.2, 0.25) is 0 Å². The predicted octanol–water partition coefficient (Wildman–Crippen LogP) is 0.913. The molecule has 100 valence electrons. The predicted molar refractivity (Wildman–Crippen MR) is 73.1 cm³/mol. The number of hydrogen-bond donors (Lipinski definition) is 1. The highest BCUT2D eigenvalue weighted by Gasteiger charge is 2.18. The van der Waals surface area contributed by atoms with Gasteiger partial charge < -0.3 is 14.9 Å². The Hall–Kier alpha value is -2.48. The summed E-state index contributed by atoms with van der Waals surface area (Å²) in [5, 5.41) is 8.78. The van der Waals surface area contributed by atoms with Crippen LogP contribution in [-0.2, 0) is 4.79 Å². The summed E-state index contributed by atoms with van der Waals surface area (Å²) in [6, 6.07) is 6.95. The van der Waals surface area contributed by atoms with Gasteiger partial charge in [-0.25, -0.2) is 0 Å². The number of carbonyl (C=O) groups excluding carboxylic acids is 1. The van der Waals surface area contributed by atoms with Crippen LogP contribution < -0.4 is 4.90 Å². The third kappa shape index (κ3) is 4.03. The van der Waals surface area contributed by atoms with Gasteiger partial charge in [0, 0.05) is 25.3 Å². The van der Waals surface area contributed by atoms with Crippen LogP contribution in [0.2, 0.25) is 0 Å². The SMILES string of the molecule is C#CCN(CC(=O)O)C(=O)c1cccc(N(C)C)c1. The van der Waals surface area contributed by atoms with E-state index in [1.54, 1.807) is 18.2 Å². The molecule has 1 N–H and O–H groups in total. The van der Waals surface area contributed by atoms with Crippen molar-refractivity contribution in [2.24, 2.45) is 0 Å². The van der Waals surface area contributed by atoms with E-state index in [1.165, 1.54) is 0 Å². The first-order valence-electron chi connectivity index (χ1n) is 5.67. The molecule has 0 spiro atoms. The lowest BCUT2D eigenvalue weighted by molar-refractivity contribution is -0.137. The molecule has 0 radical (unpaired) electrons. The van der Waals surface area contributed by atoms with E-state index in [0.29, 0.717) is 5.56 Å². The molecule has 0 bridgehead atoms. The molecular formula is C14H16N2O3. The molecule has 0 aliphatic rings. The molecule has 0 unspecified atom stereocenters. The third-order valence-corrected chi connectivity index (χ3v) is 2.50. The van der Waals surface area contributed by atoms with Gasteiger partial charge in [0.15, 0.2) is 0 Å². The van der Waals surface area contributed by atoms with Crippen LogP contribution in [0.3, 0.4) is 0 Å². The van der Waals surface area contributed by atoms with E-state index in [0.717, 1.165) is 10.6 Å². The molecule has 0 saturated carbocycles. The van der Waals surface area contributed by atoms with Crippen molar-refractivity contribution >= 4 is 17.6 Å². The molecule has 0 aromatic heterocycles. The molecule has 1 aromatic rings. The minimum absolute atomic E-state index is 0.0304. The van der Waals surface area contributed by atoms with Crippen molar-refractivity contribution in [2.45, 2.75) is 0 Å². The number of aliphatic carboxylic acids is 1. The topological polar surface area (TPSA) is 60.9 Å². The molecule has 1 amide bonds. The van der Waals surface area contributed by atoms with Crippen LogP contribution in [-0.4, -0.2) is 49.1 Å². The second-order valence-corrected chi connectivity index (χ2v) is 4.20. The van der Waals surface area contributed by atoms with Crippen LogP contribution in [0.4, 0.5) is 5.69 Å². The second kappa shape index (κ2) is 6.45. The van der Waals surface area contributed by atoms with Gasteiger partial charge in [0.05, 0.1) is 6.54 Å². The van der Waals surface area contributed by atoms with Gasteiger partial charge in [0.1, 0.15) is 6.54 Å². The Morgan fingerprint density at radius 3 is 2.58 bits per heavy atom. The van der Waals surface area contributed by atoms with Gasteiger partial charge in [-0.1, -0.05) is 12.0 Å². The average Bonchev–Trinajstić information content (AvgIpc) is 2.37. The Morgan fingerprint density at radius 1 is 1.37 bits per heavy atom. The molecule has 0 fully saturated rings. The van der Waals surface area contributed by atoms with Gasteiger partial charge in [-0.2, -0.15) is 0 Å². The zero-order valence-corrected chi connectivity index (χ0v) is 11.0. The summed E-state index contributed by atoms with van der Waals surface area (Å²) in [7, 11) is 3.72. The van der Waals surface area contributed by atoms with Crippen molar-refractivity contribution in [2.75, 3.05) is 32.1 Å². The Morgan fingerprint density at radius 2 is 2.05 bits per heavy atom. The normalized spacial score (nSPS) is 9.53. The lowest BCUT2D eigenvalue weighted by atomic mass is 10.1. The summed E-state index contributed by atoms with van der Waals surface area (Å²) in [5.74, 6) is 0.817. The van der Waals surface area contributed by atoms with Gasteiger partial charge in [-0.05, 0) is 18.2 Å². The number of rotatable bonds is 5. The lowest BCUT2D eigenvalue weighted by Gasteiger charge is -2.19. The highest BCUT2D eigenvalue weighted by atomic mass is 16.4. The molecule has 5 nitrogen and oxygen atoms in total. The number of nitrogens with zero attached hydrogens (tertiary/aromatic N) is 2. The summed E-state index contributed by atoms with van der Waals surface area (Å²) >= 11 is 0. The van der Waals surface area contributed by atoms with Crippen molar-refractivity contribution < 1.29 is 14.7 Å². The maximum absolute atomic E-state index is 12.2. The summed E-state index contributed by atoms with van der Waals surface area (Å²) in [4.78, 5) is 25.9. The monoisotopic (exact) mass is 260 g/mol. The Bertz CT molecular complexity index is 518. The van der Waals surface area contributed by atoms with E-state index in [9.17, 15) is 9.59 Å². The highest BCUT2D eigenvalue weighted by molar-refractivity contribution is 5.96. The van der Waals surface area contributed by atoms with Crippen LogP contribution >= 0.6 is 0 Å². The number of carboxylic acids is 1. The van der Waals surface area contributed by atoms with Crippen molar-refractivity contribution in [1.29, 1.82) is 0 Å². The first-order chi connectivity index (χ1) is 8.95. The van der Waals surface area contributed by atoms with Gasteiger partial charge in [-0.15, -0.1) is 6.42 Å². The van der Waals surface area contributed by atoms with Crippen LogP contribution in [0.15, 0.2) is 24.3 Å². The molecule has 0 saturated heterocycles. The largest absolute Gasteiger partial charge is 0.480 e. The van der Waals surface area contributed by atoms with E-state index < -0.39 is 12.5 Å². The molecule has 0 heterocycles. The Labute approximate surface area is 112 Å². The molecular weight excluding hydrogens is 244 g/mol. The second-order valence-electron chi connectivity index (χ2n) is 4.20. The zero-order chi connectivity index (χ0) is 14.4. The quantitative estimate of drug-likeness (QED) is 0.799. The van der Waals surface area contributed by atoms with E-state index in [4.69, 9.17) is 11.5 Å². The summed E-state index contributed by atoms with van der Waals surface area (Å²) in [6.07, 6.45) is 5.15. The number of terminal acetylenes is 1. The van der Waals surface area contributed by atoms with Crippen molar-refractivity contribution in [3.05, 3.63) is 29.8 Å². The average molecular weight is 260 g/mol. The molecule has 1 rings (SSSR count). The molecule has 5 heteroatoms. The first-order valence-corrected chi connectivity index (χ1v) is 5.67. The fraction of sp³-hybridized carbons (Fsp3) is 0.286. The maximum atomic E-state index is 12.2. The van der Waals surface area contributed by atoms with Crippen molar-refractivity contribution in [1.82, 2.24) is 4.90 Å². The van der Waals surface area contributed by atoms with Gasteiger partial charge >= 0.3 is 5.97 Å². The fourth-order valence-electron chi connectivity index (χ4n) is 1.57. The first kappa shape index (κ1) is 14.6. The van der Waals surface area contributed by atoms with Gasteiger partial charge in [-0.3, -0.25) is 9.59 Å². The van der Waals surface area contributed by atoms with E-state index in [2.05, 4.69) is 5.92 Å². The number of amides is 1. The number of anilines is 1. The molecule has 1 aromatic carbocycles. The van der Waals surface area contributed by atoms with Crippen LogP contribution in [0.5, 0.6) is 0 Å². The third-order valence-electron chi connectivity index (χ3n) is 2.50. The van der Waals surface area contributed by atoms with E-state index >= 15 is 0 Å². The number of carboxylic acid groups (broad SMARTS) is 1. The van der Waals surface area contributed by atoms with Crippen molar-refractivity contribution in [3.63, 3.8) is 0 Å². The van der Waals surface area contributed by atoms with Crippen LogP contribution in [0, 0.1) is 12.3 Å². The van der Waals surface area contributed by atoms with E-state index in [-0.39, 0.29) is 12.5 Å². The molecule has 0 aliphatic carbocycles. The molecule has 19 heavy (non-hydrogen) atoms. The summed E-state index contributed by atoms with van der Waals surface area (Å²) in [5.41, 5.74) is 1.28. The van der Waals surface area contributed by atoms with Gasteiger partial charge in [0.25, 0.3) is 5.91 Å². The number of hydrogen-bond acceptors (Lipinski definition) is 3. The Kier molecular flexibility index (Phi) is 4.95. The number of carbonyl (C=O) groups is 2. The number of benzene rings is 1. The summed E-state index contributed by atoms with van der Waals surface area (Å²) < 4.78 is 0. The zero-order valence-electron chi connectivity index (χ0n) is 11.0. The maximum Gasteiger partial charge on any atom is 0.323 e. The standard InChI is InChI=1S/C14H16N2O3/c1-4-8-16(10-13(17)18)14(19)11-6-5-7-12(9-11)15(2)3/h1,5-7,9H,8,10H2,2-3H3,(H,17,18). The van der Waals surface area contributed by atoms with Crippen LogP contribution in [0.1, 0.15) is 10.4 Å². The fourth-order valence-corrected chi connectivity index (χ4v) is 1.57. The molecule has 0 atom stereocenters. The van der Waals surface area contributed by atoms with Crippen molar-refractivity contribution in [3.8, 4) is 12.3 Å². The summed E-state index contributed by atoms with van der Waals surface area (Å²) in [6.45, 7) is -0.438. The Balaban J connectivity index is 2.99. The van der Waals surface area contributed by atoms with Crippen LogP contribution in [0.25, 0.3) is 0 Å². The minimum atomic E-state index is -1.09. The highest BCUT2D eigenvalue weighted by Crippen LogP contribution is 2.15. The smallest absolute Gasteiger partial charge is 0.323 e. The van der Waals surface area contributed by atoms with E-state index in [1.807, 2.05) is 25.1 Å².